The van der Waals surface area contributed by atoms with Gasteiger partial charge in [0.25, 0.3) is 5.56 Å². The third-order valence-electron chi connectivity index (χ3n) is 2.94. The highest BCUT2D eigenvalue weighted by atomic mass is 32.1. The summed E-state index contributed by atoms with van der Waals surface area (Å²) in [4.78, 5) is 17.3. The number of nitrogens with zero attached hydrogens (tertiary/aromatic N) is 2. The molecular weight excluding hydrogens is 260 g/mol. The Labute approximate surface area is 113 Å². The van der Waals surface area contributed by atoms with Gasteiger partial charge in [0.15, 0.2) is 0 Å². The predicted molar refractivity (Wildman–Crippen MR) is 76.0 cm³/mol. The third kappa shape index (κ3) is 2.24. The minimum atomic E-state index is -0.00549. The maximum absolute atomic E-state index is 12.2. The fraction of sp³-hybridized carbons (Fsp3) is 0.143. The molecule has 19 heavy (non-hydrogen) atoms. The number of methoxy groups -OCH3 is 1. The molecule has 0 aliphatic carbocycles. The van der Waals surface area contributed by atoms with Crippen molar-refractivity contribution in [3.05, 3.63) is 58.0 Å². The van der Waals surface area contributed by atoms with E-state index in [1.54, 1.807) is 18.0 Å². The summed E-state index contributed by atoms with van der Waals surface area (Å²) < 4.78 is 6.79. The molecule has 0 radical (unpaired) electrons. The fourth-order valence-electron chi connectivity index (χ4n) is 1.97. The van der Waals surface area contributed by atoms with E-state index < -0.39 is 0 Å². The zero-order valence-electron chi connectivity index (χ0n) is 10.4. The highest BCUT2D eigenvalue weighted by molar-refractivity contribution is 7.16. The molecule has 0 amide bonds. The van der Waals surface area contributed by atoms with E-state index in [2.05, 4.69) is 4.98 Å². The largest absolute Gasteiger partial charge is 0.497 e. The lowest BCUT2D eigenvalue weighted by molar-refractivity contribution is 0.414. The van der Waals surface area contributed by atoms with Crippen LogP contribution >= 0.6 is 11.3 Å². The minimum absolute atomic E-state index is 0.00549. The Balaban J connectivity index is 2.00. The van der Waals surface area contributed by atoms with E-state index in [0.717, 1.165) is 16.1 Å². The van der Waals surface area contributed by atoms with E-state index in [-0.39, 0.29) is 5.56 Å². The molecule has 3 rings (SSSR count). The van der Waals surface area contributed by atoms with E-state index in [9.17, 15) is 4.79 Å². The van der Waals surface area contributed by atoms with Gasteiger partial charge in [0.1, 0.15) is 10.6 Å². The molecule has 4 nitrogen and oxygen atoms in total. The first-order chi connectivity index (χ1) is 9.28. The summed E-state index contributed by atoms with van der Waals surface area (Å²) in [6.07, 6.45) is 1.60. The van der Waals surface area contributed by atoms with Crippen molar-refractivity contribution in [2.45, 2.75) is 6.54 Å². The zero-order valence-corrected chi connectivity index (χ0v) is 11.2. The third-order valence-corrected chi connectivity index (χ3v) is 3.76. The van der Waals surface area contributed by atoms with E-state index in [1.807, 2.05) is 35.7 Å². The van der Waals surface area contributed by atoms with Crippen LogP contribution in [0.4, 0.5) is 0 Å². The number of ether oxygens (including phenoxy) is 1. The monoisotopic (exact) mass is 272 g/mol. The SMILES string of the molecule is COc1cccc(Cn2cnc3sccc3c2=O)c1. The second-order valence-electron chi connectivity index (χ2n) is 4.17. The molecule has 0 saturated carbocycles. The van der Waals surface area contributed by atoms with Crippen molar-refractivity contribution >= 4 is 21.6 Å². The van der Waals surface area contributed by atoms with Crippen molar-refractivity contribution in [3.63, 3.8) is 0 Å². The average molecular weight is 272 g/mol. The van der Waals surface area contributed by atoms with Crippen molar-refractivity contribution in [3.8, 4) is 5.75 Å². The summed E-state index contributed by atoms with van der Waals surface area (Å²) in [7, 11) is 1.63. The van der Waals surface area contributed by atoms with Crippen molar-refractivity contribution < 1.29 is 4.74 Å². The molecule has 0 unspecified atom stereocenters. The maximum Gasteiger partial charge on any atom is 0.262 e. The van der Waals surface area contributed by atoms with Crippen LogP contribution in [0.3, 0.4) is 0 Å². The molecular formula is C14H12N2O2S. The Kier molecular flexibility index (Phi) is 3.05. The Morgan fingerprint density at radius 1 is 1.37 bits per heavy atom. The van der Waals surface area contributed by atoms with Crippen LogP contribution in [0.2, 0.25) is 0 Å². The number of hydrogen-bond donors (Lipinski definition) is 0. The van der Waals surface area contributed by atoms with Crippen LogP contribution in [0.5, 0.6) is 5.75 Å². The molecule has 96 valence electrons. The van der Waals surface area contributed by atoms with Crippen LogP contribution in [-0.2, 0) is 6.54 Å². The normalized spacial score (nSPS) is 10.8. The molecule has 0 fully saturated rings. The van der Waals surface area contributed by atoms with Crippen LogP contribution in [0.1, 0.15) is 5.56 Å². The van der Waals surface area contributed by atoms with E-state index in [1.165, 1.54) is 11.3 Å². The van der Waals surface area contributed by atoms with Crippen LogP contribution in [-0.4, -0.2) is 16.7 Å². The van der Waals surface area contributed by atoms with Crippen molar-refractivity contribution in [2.24, 2.45) is 0 Å². The molecule has 5 heteroatoms. The van der Waals surface area contributed by atoms with Crippen LogP contribution < -0.4 is 10.3 Å². The number of thiophene rings is 1. The van der Waals surface area contributed by atoms with Crippen LogP contribution in [0.15, 0.2) is 46.8 Å². The molecule has 2 heterocycles. The van der Waals surface area contributed by atoms with Gasteiger partial charge >= 0.3 is 0 Å². The first kappa shape index (κ1) is 11.9. The van der Waals surface area contributed by atoms with Crippen molar-refractivity contribution in [1.82, 2.24) is 9.55 Å². The Morgan fingerprint density at radius 3 is 3.11 bits per heavy atom. The lowest BCUT2D eigenvalue weighted by Crippen LogP contribution is -2.20. The second-order valence-corrected chi connectivity index (χ2v) is 5.06. The summed E-state index contributed by atoms with van der Waals surface area (Å²) >= 11 is 1.48. The number of rotatable bonds is 3. The van der Waals surface area contributed by atoms with Gasteiger partial charge in [-0.05, 0) is 29.1 Å². The number of fused-ring (bicyclic) bond motifs is 1. The Bertz CT molecular complexity index is 776. The highest BCUT2D eigenvalue weighted by Crippen LogP contribution is 2.15. The molecule has 0 aliphatic rings. The van der Waals surface area contributed by atoms with Gasteiger partial charge in [-0.15, -0.1) is 11.3 Å². The smallest absolute Gasteiger partial charge is 0.262 e. The standard InChI is InChI=1S/C14H12N2O2S/c1-18-11-4-2-3-10(7-11)8-16-9-15-13-12(14(16)17)5-6-19-13/h2-7,9H,8H2,1H3. The molecule has 0 spiro atoms. The lowest BCUT2D eigenvalue weighted by atomic mass is 10.2. The highest BCUT2D eigenvalue weighted by Gasteiger charge is 2.05. The van der Waals surface area contributed by atoms with Gasteiger partial charge in [-0.3, -0.25) is 9.36 Å². The zero-order chi connectivity index (χ0) is 13.2. The number of hydrogen-bond acceptors (Lipinski definition) is 4. The molecule has 2 aromatic heterocycles. The second kappa shape index (κ2) is 4.85. The molecule has 0 atom stereocenters. The molecule has 0 bridgehead atoms. The van der Waals surface area contributed by atoms with Gasteiger partial charge in [0.05, 0.1) is 25.4 Å². The van der Waals surface area contributed by atoms with E-state index in [0.29, 0.717) is 11.9 Å². The van der Waals surface area contributed by atoms with Gasteiger partial charge in [0.2, 0.25) is 0 Å². The molecule has 1 aromatic carbocycles. The topological polar surface area (TPSA) is 44.1 Å². The number of aromatic nitrogens is 2. The van der Waals surface area contributed by atoms with Gasteiger partial charge in [-0.2, -0.15) is 0 Å². The van der Waals surface area contributed by atoms with Gasteiger partial charge in [-0.25, -0.2) is 4.98 Å². The minimum Gasteiger partial charge on any atom is -0.497 e. The van der Waals surface area contributed by atoms with E-state index in [4.69, 9.17) is 4.74 Å². The fourth-order valence-corrected chi connectivity index (χ4v) is 2.70. The first-order valence-corrected chi connectivity index (χ1v) is 6.71. The predicted octanol–water partition coefficient (Wildman–Crippen LogP) is 2.51. The summed E-state index contributed by atoms with van der Waals surface area (Å²) in [5.41, 5.74) is 1.01. The Morgan fingerprint density at radius 2 is 2.26 bits per heavy atom. The average Bonchev–Trinajstić information content (AvgIpc) is 2.91. The molecule has 3 aromatic rings. The van der Waals surface area contributed by atoms with Crippen LogP contribution in [0.25, 0.3) is 10.2 Å². The molecule has 0 aliphatic heterocycles. The summed E-state index contributed by atoms with van der Waals surface area (Å²) in [5.74, 6) is 0.787. The van der Waals surface area contributed by atoms with Crippen LogP contribution in [0, 0.1) is 0 Å². The molecule has 0 saturated heterocycles. The van der Waals surface area contributed by atoms with Crippen molar-refractivity contribution in [2.75, 3.05) is 7.11 Å². The van der Waals surface area contributed by atoms with Gasteiger partial charge < -0.3 is 4.74 Å². The quantitative estimate of drug-likeness (QED) is 0.736. The maximum atomic E-state index is 12.2. The first-order valence-electron chi connectivity index (χ1n) is 5.83. The number of benzene rings is 1. The van der Waals surface area contributed by atoms with E-state index >= 15 is 0 Å². The van der Waals surface area contributed by atoms with Gasteiger partial charge in [-0.1, -0.05) is 12.1 Å². The summed E-state index contributed by atoms with van der Waals surface area (Å²) in [5, 5.41) is 2.56. The Hall–Kier alpha value is -2.14. The summed E-state index contributed by atoms with van der Waals surface area (Å²) in [6, 6.07) is 9.50. The molecule has 0 N–H and O–H groups in total. The van der Waals surface area contributed by atoms with Gasteiger partial charge in [0, 0.05) is 0 Å². The summed E-state index contributed by atoms with van der Waals surface area (Å²) in [6.45, 7) is 0.495. The van der Waals surface area contributed by atoms with Crippen molar-refractivity contribution in [1.29, 1.82) is 0 Å². The lowest BCUT2D eigenvalue weighted by Gasteiger charge is -2.07.